The molecule has 0 radical (unpaired) electrons. The van der Waals surface area contributed by atoms with E-state index < -0.39 is 6.10 Å². The minimum atomic E-state index is -0.396. The third kappa shape index (κ3) is 2.83. The Labute approximate surface area is 101 Å². The molecule has 0 bridgehead atoms. The first kappa shape index (κ1) is 13.2. The second kappa shape index (κ2) is 6.01. The van der Waals surface area contributed by atoms with Crippen molar-refractivity contribution in [1.82, 2.24) is 0 Å². The van der Waals surface area contributed by atoms with Crippen molar-refractivity contribution >= 4 is 11.8 Å². The van der Waals surface area contributed by atoms with Gasteiger partial charge in [-0.05, 0) is 25.3 Å². The Hall–Kier alpha value is -0.870. The summed E-state index contributed by atoms with van der Waals surface area (Å²) >= 11 is 1.60. The molecule has 0 aliphatic carbocycles. The third-order valence-corrected chi connectivity index (χ3v) is 3.18. The molecule has 1 aromatic carbocycles. The fourth-order valence-corrected chi connectivity index (χ4v) is 2.44. The molecule has 1 unspecified atom stereocenters. The average Bonchev–Trinajstić information content (AvgIpc) is 2.27. The lowest BCUT2D eigenvalue weighted by Gasteiger charge is -2.16. The summed E-state index contributed by atoms with van der Waals surface area (Å²) in [5.74, 6) is 1.62. The zero-order valence-electron chi connectivity index (χ0n) is 10.1. The smallest absolute Gasteiger partial charge is 0.132 e. The van der Waals surface area contributed by atoms with Gasteiger partial charge in [0.25, 0.3) is 0 Å². The van der Waals surface area contributed by atoms with Crippen molar-refractivity contribution in [3.63, 3.8) is 0 Å². The summed E-state index contributed by atoms with van der Waals surface area (Å²) < 4.78 is 10.6. The van der Waals surface area contributed by atoms with Crippen LogP contribution < -0.4 is 9.47 Å². The molecule has 4 heteroatoms. The number of hydrogen-bond acceptors (Lipinski definition) is 4. The van der Waals surface area contributed by atoms with Crippen LogP contribution in [0.3, 0.4) is 0 Å². The summed E-state index contributed by atoms with van der Waals surface area (Å²) in [6, 6.07) is 3.76. The number of aliphatic hydroxyl groups is 1. The van der Waals surface area contributed by atoms with E-state index in [9.17, 15) is 5.11 Å². The molecule has 0 aromatic heterocycles. The van der Waals surface area contributed by atoms with Gasteiger partial charge in [-0.3, -0.25) is 0 Å². The first-order valence-electron chi connectivity index (χ1n) is 5.10. The summed E-state index contributed by atoms with van der Waals surface area (Å²) in [5.41, 5.74) is 1.00. The van der Waals surface area contributed by atoms with Crippen LogP contribution in [0.1, 0.15) is 12.5 Å². The van der Waals surface area contributed by atoms with E-state index >= 15 is 0 Å². The minimum absolute atomic E-state index is 0.396. The van der Waals surface area contributed by atoms with Gasteiger partial charge in [-0.15, -0.1) is 11.8 Å². The van der Waals surface area contributed by atoms with E-state index in [0.29, 0.717) is 6.42 Å². The van der Waals surface area contributed by atoms with Gasteiger partial charge in [-0.1, -0.05) is 0 Å². The Kier molecular flexibility index (Phi) is 4.96. The number of hydrogen-bond donors (Lipinski definition) is 1. The maximum atomic E-state index is 9.50. The van der Waals surface area contributed by atoms with E-state index in [4.69, 9.17) is 9.47 Å². The predicted octanol–water partition coefficient (Wildman–Crippen LogP) is 2.35. The van der Waals surface area contributed by atoms with E-state index in [0.717, 1.165) is 22.0 Å². The Morgan fingerprint density at radius 3 is 2.25 bits per heavy atom. The van der Waals surface area contributed by atoms with Crippen LogP contribution in [-0.4, -0.2) is 31.7 Å². The van der Waals surface area contributed by atoms with Gasteiger partial charge >= 0.3 is 0 Å². The summed E-state index contributed by atoms with van der Waals surface area (Å²) in [6.07, 6.45) is 2.16. The Morgan fingerprint density at radius 1 is 1.25 bits per heavy atom. The minimum Gasteiger partial charge on any atom is -0.496 e. The summed E-state index contributed by atoms with van der Waals surface area (Å²) in [4.78, 5) is 1.03. The number of ether oxygens (including phenoxy) is 2. The van der Waals surface area contributed by atoms with E-state index in [2.05, 4.69) is 0 Å². The van der Waals surface area contributed by atoms with Gasteiger partial charge in [0.05, 0.1) is 25.2 Å². The predicted molar refractivity (Wildman–Crippen MR) is 66.7 cm³/mol. The second-order valence-electron chi connectivity index (χ2n) is 3.54. The average molecular weight is 242 g/mol. The van der Waals surface area contributed by atoms with Gasteiger partial charge in [-0.25, -0.2) is 0 Å². The molecular weight excluding hydrogens is 224 g/mol. The van der Waals surface area contributed by atoms with Crippen LogP contribution in [0.4, 0.5) is 0 Å². The van der Waals surface area contributed by atoms with Crippen molar-refractivity contribution in [2.45, 2.75) is 24.3 Å². The number of benzene rings is 1. The molecule has 0 saturated heterocycles. The van der Waals surface area contributed by atoms with Crippen molar-refractivity contribution in [3.8, 4) is 11.5 Å². The van der Waals surface area contributed by atoms with Crippen LogP contribution in [0.2, 0.25) is 0 Å². The Bertz CT molecular complexity index is 350. The van der Waals surface area contributed by atoms with Crippen LogP contribution >= 0.6 is 11.8 Å². The van der Waals surface area contributed by atoms with Crippen molar-refractivity contribution in [3.05, 3.63) is 17.7 Å². The molecule has 1 rings (SSSR count). The normalized spacial score (nSPS) is 12.3. The van der Waals surface area contributed by atoms with Gasteiger partial charge < -0.3 is 14.6 Å². The van der Waals surface area contributed by atoms with E-state index in [1.165, 1.54) is 0 Å². The SMILES string of the molecule is COc1ccc(OC)c(SC)c1CC(C)O. The molecule has 0 spiro atoms. The zero-order chi connectivity index (χ0) is 12.1. The Balaban J connectivity index is 3.25. The number of aliphatic hydroxyl groups excluding tert-OH is 1. The molecule has 1 N–H and O–H groups in total. The molecular formula is C12H18O3S. The van der Waals surface area contributed by atoms with E-state index in [-0.39, 0.29) is 0 Å². The highest BCUT2D eigenvalue weighted by Gasteiger charge is 2.15. The van der Waals surface area contributed by atoms with Crippen LogP contribution in [0, 0.1) is 0 Å². The molecule has 0 amide bonds. The molecule has 0 aliphatic heterocycles. The first-order valence-corrected chi connectivity index (χ1v) is 6.32. The number of thioether (sulfide) groups is 1. The number of rotatable bonds is 5. The number of methoxy groups -OCH3 is 2. The largest absolute Gasteiger partial charge is 0.496 e. The zero-order valence-corrected chi connectivity index (χ0v) is 10.9. The second-order valence-corrected chi connectivity index (χ2v) is 4.35. The highest BCUT2D eigenvalue weighted by molar-refractivity contribution is 7.98. The molecule has 3 nitrogen and oxygen atoms in total. The van der Waals surface area contributed by atoms with Gasteiger partial charge in [-0.2, -0.15) is 0 Å². The van der Waals surface area contributed by atoms with E-state index in [1.807, 2.05) is 18.4 Å². The van der Waals surface area contributed by atoms with Crippen LogP contribution in [0.5, 0.6) is 11.5 Å². The lowest BCUT2D eigenvalue weighted by Crippen LogP contribution is -2.07. The summed E-state index contributed by atoms with van der Waals surface area (Å²) in [7, 11) is 3.28. The topological polar surface area (TPSA) is 38.7 Å². The lowest BCUT2D eigenvalue weighted by atomic mass is 10.1. The fraction of sp³-hybridized carbons (Fsp3) is 0.500. The maximum absolute atomic E-state index is 9.50. The molecule has 1 atom stereocenters. The van der Waals surface area contributed by atoms with Gasteiger partial charge in [0.15, 0.2) is 0 Å². The monoisotopic (exact) mass is 242 g/mol. The maximum Gasteiger partial charge on any atom is 0.132 e. The molecule has 90 valence electrons. The molecule has 16 heavy (non-hydrogen) atoms. The van der Waals surface area contributed by atoms with Crippen LogP contribution in [-0.2, 0) is 6.42 Å². The standard InChI is InChI=1S/C12H18O3S/c1-8(13)7-9-10(14-2)5-6-11(15-3)12(9)16-4/h5-6,8,13H,7H2,1-4H3. The Morgan fingerprint density at radius 2 is 1.81 bits per heavy atom. The first-order chi connectivity index (χ1) is 7.63. The highest BCUT2D eigenvalue weighted by Crippen LogP contribution is 2.37. The summed E-state index contributed by atoms with van der Waals surface area (Å²) in [5, 5.41) is 9.50. The van der Waals surface area contributed by atoms with Crippen molar-refractivity contribution in [1.29, 1.82) is 0 Å². The van der Waals surface area contributed by atoms with Gasteiger partial charge in [0.2, 0.25) is 0 Å². The molecule has 1 aromatic rings. The fourth-order valence-electron chi connectivity index (χ4n) is 1.65. The third-order valence-electron chi connectivity index (χ3n) is 2.32. The van der Waals surface area contributed by atoms with Crippen LogP contribution in [0.15, 0.2) is 17.0 Å². The van der Waals surface area contributed by atoms with Crippen molar-refractivity contribution in [2.75, 3.05) is 20.5 Å². The van der Waals surface area contributed by atoms with Crippen molar-refractivity contribution < 1.29 is 14.6 Å². The molecule has 0 saturated carbocycles. The quantitative estimate of drug-likeness (QED) is 0.804. The van der Waals surface area contributed by atoms with Crippen LogP contribution in [0.25, 0.3) is 0 Å². The summed E-state index contributed by atoms with van der Waals surface area (Å²) in [6.45, 7) is 1.77. The molecule has 0 fully saturated rings. The van der Waals surface area contributed by atoms with Gasteiger partial charge in [0.1, 0.15) is 11.5 Å². The lowest BCUT2D eigenvalue weighted by molar-refractivity contribution is 0.193. The molecule has 0 heterocycles. The highest BCUT2D eigenvalue weighted by atomic mass is 32.2. The van der Waals surface area contributed by atoms with Crippen molar-refractivity contribution in [2.24, 2.45) is 0 Å². The van der Waals surface area contributed by atoms with E-state index in [1.54, 1.807) is 32.9 Å². The molecule has 0 aliphatic rings. The van der Waals surface area contributed by atoms with Gasteiger partial charge in [0, 0.05) is 12.0 Å².